The first-order chi connectivity index (χ1) is 16.6. The number of amides is 2. The second-order valence-electron chi connectivity index (χ2n) is 7.67. The van der Waals surface area contributed by atoms with Crippen LogP contribution in [0.25, 0.3) is 10.9 Å². The van der Waals surface area contributed by atoms with Crippen LogP contribution in [0.2, 0.25) is 5.02 Å². The van der Waals surface area contributed by atoms with Crippen molar-refractivity contribution in [1.82, 2.24) is 10.3 Å². The van der Waals surface area contributed by atoms with Crippen molar-refractivity contribution < 1.29 is 28.8 Å². The number of aromatic nitrogens is 1. The summed E-state index contributed by atoms with van der Waals surface area (Å²) in [6.07, 6.45) is 3.67. The maximum atomic E-state index is 12.0. The number of anilines is 1. The van der Waals surface area contributed by atoms with Crippen LogP contribution in [0.15, 0.2) is 42.6 Å². The fourth-order valence-electron chi connectivity index (χ4n) is 3.25. The lowest BCUT2D eigenvalue weighted by atomic mass is 10.1. The number of methoxy groups -OCH3 is 1. The number of halogens is 1. The van der Waals surface area contributed by atoms with E-state index in [0.717, 1.165) is 23.8 Å². The van der Waals surface area contributed by atoms with E-state index in [-0.39, 0.29) is 18.7 Å². The lowest BCUT2D eigenvalue weighted by Crippen LogP contribution is -2.30. The van der Waals surface area contributed by atoms with Crippen LogP contribution in [-0.2, 0) is 21.1 Å². The molecule has 9 nitrogen and oxygen atoms in total. The summed E-state index contributed by atoms with van der Waals surface area (Å²) in [5, 5.41) is 6.75. The third kappa shape index (κ3) is 6.27. The molecule has 2 N–H and O–H groups in total. The number of nitrogens with zero attached hydrogens (tertiary/aromatic N) is 1. The molecule has 0 radical (unpaired) electrons. The van der Waals surface area contributed by atoms with Gasteiger partial charge in [0, 0.05) is 42.4 Å². The van der Waals surface area contributed by atoms with Crippen molar-refractivity contribution in [3.05, 3.63) is 53.2 Å². The summed E-state index contributed by atoms with van der Waals surface area (Å²) in [7, 11) is 3.06. The Morgan fingerprint density at radius 1 is 1.12 bits per heavy atom. The SMILES string of the molecule is COCCOc1cc2nccc(Oc3ccc(NC(=O)NC4CC4)c(Cl)c3)c2cc1COOC. The van der Waals surface area contributed by atoms with E-state index in [1.54, 1.807) is 37.6 Å². The number of rotatable bonds is 11. The number of urea groups is 1. The van der Waals surface area contributed by atoms with Gasteiger partial charge in [-0.2, -0.15) is 0 Å². The van der Waals surface area contributed by atoms with E-state index in [4.69, 9.17) is 35.6 Å². The van der Waals surface area contributed by atoms with Gasteiger partial charge >= 0.3 is 6.03 Å². The van der Waals surface area contributed by atoms with Gasteiger partial charge in [-0.05, 0) is 37.1 Å². The highest BCUT2D eigenvalue weighted by molar-refractivity contribution is 6.33. The highest BCUT2D eigenvalue weighted by Crippen LogP contribution is 2.35. The maximum Gasteiger partial charge on any atom is 0.319 e. The first kappa shape index (κ1) is 24.0. The van der Waals surface area contributed by atoms with E-state index in [0.29, 0.717) is 46.7 Å². The largest absolute Gasteiger partial charge is 0.491 e. The monoisotopic (exact) mass is 487 g/mol. The Morgan fingerprint density at radius 3 is 2.71 bits per heavy atom. The molecule has 1 aliphatic carbocycles. The summed E-state index contributed by atoms with van der Waals surface area (Å²) >= 11 is 6.38. The third-order valence-electron chi connectivity index (χ3n) is 5.09. The van der Waals surface area contributed by atoms with Crippen LogP contribution in [0, 0.1) is 0 Å². The van der Waals surface area contributed by atoms with Gasteiger partial charge in [0.05, 0.1) is 29.9 Å². The molecule has 0 bridgehead atoms. The number of hydrogen-bond acceptors (Lipinski definition) is 7. The molecule has 10 heteroatoms. The van der Waals surface area contributed by atoms with Crippen molar-refractivity contribution >= 4 is 34.2 Å². The minimum absolute atomic E-state index is 0.179. The van der Waals surface area contributed by atoms with Gasteiger partial charge in [0.25, 0.3) is 0 Å². The summed E-state index contributed by atoms with van der Waals surface area (Å²) in [6, 6.07) is 10.5. The quantitative estimate of drug-likeness (QED) is 0.221. The van der Waals surface area contributed by atoms with Gasteiger partial charge in [0.1, 0.15) is 30.5 Å². The fourth-order valence-corrected chi connectivity index (χ4v) is 3.46. The standard InChI is InChI=1S/C24H26ClN3O6/c1-30-9-10-32-23-13-21-18(11-15(23)14-33-31-2)22(7-8-26-21)34-17-5-6-20(19(25)12-17)28-24(29)27-16-3-4-16/h5-8,11-13,16H,3-4,9-10,14H2,1-2H3,(H2,27,28,29). The Labute approximate surface area is 202 Å². The van der Waals surface area contributed by atoms with Gasteiger partial charge in [-0.3, -0.25) is 4.98 Å². The Bertz CT molecular complexity index is 1160. The number of nitrogens with one attached hydrogen (secondary N) is 2. The molecule has 2 aromatic carbocycles. The lowest BCUT2D eigenvalue weighted by molar-refractivity contribution is -0.282. The van der Waals surface area contributed by atoms with E-state index < -0.39 is 0 Å². The van der Waals surface area contributed by atoms with Gasteiger partial charge in [0.2, 0.25) is 0 Å². The van der Waals surface area contributed by atoms with Crippen LogP contribution in [0.1, 0.15) is 18.4 Å². The van der Waals surface area contributed by atoms with Crippen LogP contribution < -0.4 is 20.1 Å². The molecular weight excluding hydrogens is 462 g/mol. The first-order valence-electron chi connectivity index (χ1n) is 10.8. The van der Waals surface area contributed by atoms with Gasteiger partial charge in [-0.15, -0.1) is 0 Å². The zero-order valence-corrected chi connectivity index (χ0v) is 19.7. The van der Waals surface area contributed by atoms with Crippen LogP contribution >= 0.6 is 11.6 Å². The van der Waals surface area contributed by atoms with Crippen molar-refractivity contribution in [2.75, 3.05) is 32.8 Å². The van der Waals surface area contributed by atoms with Crippen molar-refractivity contribution in [3.63, 3.8) is 0 Å². The normalized spacial score (nSPS) is 13.0. The molecule has 4 rings (SSSR count). The van der Waals surface area contributed by atoms with Gasteiger partial charge in [-0.1, -0.05) is 11.6 Å². The van der Waals surface area contributed by atoms with E-state index in [1.165, 1.54) is 7.11 Å². The number of carbonyl (C=O) groups is 1. The summed E-state index contributed by atoms with van der Waals surface area (Å²) in [6.45, 7) is 1.01. The molecular formula is C24H26ClN3O6. The predicted octanol–water partition coefficient (Wildman–Crippen LogP) is 5.07. The molecule has 1 saturated carbocycles. The molecule has 34 heavy (non-hydrogen) atoms. The van der Waals surface area contributed by atoms with Gasteiger partial charge < -0.3 is 24.8 Å². The van der Waals surface area contributed by atoms with E-state index >= 15 is 0 Å². The minimum atomic E-state index is -0.271. The van der Waals surface area contributed by atoms with Crippen LogP contribution in [-0.4, -0.2) is 44.5 Å². The predicted molar refractivity (Wildman–Crippen MR) is 128 cm³/mol. The average molecular weight is 488 g/mol. The Balaban J connectivity index is 1.55. The second-order valence-corrected chi connectivity index (χ2v) is 8.08. The van der Waals surface area contributed by atoms with E-state index in [1.807, 2.05) is 12.1 Å². The fraction of sp³-hybridized carbons (Fsp3) is 0.333. The Morgan fingerprint density at radius 2 is 1.97 bits per heavy atom. The third-order valence-corrected chi connectivity index (χ3v) is 5.40. The number of carbonyl (C=O) groups excluding carboxylic acids is 1. The summed E-state index contributed by atoms with van der Waals surface area (Å²) in [5.41, 5.74) is 1.96. The Hall–Kier alpha value is -3.11. The number of benzene rings is 2. The molecule has 1 aliphatic rings. The topological polar surface area (TPSA) is 100 Å². The highest BCUT2D eigenvalue weighted by atomic mass is 35.5. The molecule has 0 atom stereocenters. The number of ether oxygens (including phenoxy) is 3. The molecule has 1 heterocycles. The van der Waals surface area contributed by atoms with E-state index in [2.05, 4.69) is 15.6 Å². The lowest BCUT2D eigenvalue weighted by Gasteiger charge is -2.15. The molecule has 180 valence electrons. The zero-order chi connectivity index (χ0) is 23.9. The summed E-state index contributed by atoms with van der Waals surface area (Å²) in [4.78, 5) is 26.3. The zero-order valence-electron chi connectivity index (χ0n) is 18.9. The number of pyridine rings is 1. The molecule has 2 amide bonds. The highest BCUT2D eigenvalue weighted by Gasteiger charge is 2.23. The van der Waals surface area contributed by atoms with Crippen LogP contribution in [0.5, 0.6) is 17.2 Å². The maximum absolute atomic E-state index is 12.0. The molecule has 0 aliphatic heterocycles. The average Bonchev–Trinajstić information content (AvgIpc) is 3.64. The molecule has 0 unspecified atom stereocenters. The van der Waals surface area contributed by atoms with Gasteiger partial charge in [-0.25, -0.2) is 14.6 Å². The molecule has 1 fully saturated rings. The first-order valence-corrected chi connectivity index (χ1v) is 11.2. The van der Waals surface area contributed by atoms with Crippen molar-refractivity contribution in [1.29, 1.82) is 0 Å². The summed E-state index contributed by atoms with van der Waals surface area (Å²) < 4.78 is 17.0. The molecule has 3 aromatic rings. The smallest absolute Gasteiger partial charge is 0.319 e. The van der Waals surface area contributed by atoms with Crippen molar-refractivity contribution in [2.24, 2.45) is 0 Å². The van der Waals surface area contributed by atoms with Crippen LogP contribution in [0.4, 0.5) is 10.5 Å². The van der Waals surface area contributed by atoms with Gasteiger partial charge in [0.15, 0.2) is 0 Å². The number of hydrogen-bond donors (Lipinski definition) is 2. The van der Waals surface area contributed by atoms with Crippen LogP contribution in [0.3, 0.4) is 0 Å². The summed E-state index contributed by atoms with van der Waals surface area (Å²) in [5.74, 6) is 1.71. The van der Waals surface area contributed by atoms with Crippen molar-refractivity contribution in [2.45, 2.75) is 25.5 Å². The second kappa shape index (κ2) is 11.3. The molecule has 0 spiro atoms. The Kier molecular flexibility index (Phi) is 8.02. The minimum Gasteiger partial charge on any atom is -0.491 e. The molecule has 1 aromatic heterocycles. The van der Waals surface area contributed by atoms with E-state index in [9.17, 15) is 4.79 Å². The number of fused-ring (bicyclic) bond motifs is 1. The van der Waals surface area contributed by atoms with Crippen molar-refractivity contribution in [3.8, 4) is 17.2 Å². The molecule has 0 saturated heterocycles.